The van der Waals surface area contributed by atoms with E-state index in [-0.39, 0.29) is 12.5 Å². The largest absolute Gasteiger partial charge is 0.493 e. The molecule has 138 valence electrons. The minimum absolute atomic E-state index is 0.169. The zero-order valence-electron chi connectivity index (χ0n) is 15.3. The van der Waals surface area contributed by atoms with Crippen molar-refractivity contribution in [2.75, 3.05) is 25.6 Å². The summed E-state index contributed by atoms with van der Waals surface area (Å²) in [5, 5.41) is 6.54. The second kappa shape index (κ2) is 10.1. The predicted molar refractivity (Wildman–Crippen MR) is 102 cm³/mol. The number of ether oxygens (including phenoxy) is 2. The number of carbonyl (C=O) groups is 1. The maximum absolute atomic E-state index is 11.7. The molecule has 6 nitrogen and oxygen atoms in total. The van der Waals surface area contributed by atoms with E-state index in [1.54, 1.807) is 25.3 Å². The Labute approximate surface area is 153 Å². The zero-order valence-corrected chi connectivity index (χ0v) is 15.3. The molecule has 0 aliphatic heterocycles. The fourth-order valence-corrected chi connectivity index (χ4v) is 2.05. The molecule has 0 saturated heterocycles. The summed E-state index contributed by atoms with van der Waals surface area (Å²) in [7, 11) is 1.59. The molecule has 0 bridgehead atoms. The second-order valence-electron chi connectivity index (χ2n) is 6.04. The van der Waals surface area contributed by atoms with E-state index in [0.29, 0.717) is 29.7 Å². The van der Waals surface area contributed by atoms with Crippen molar-refractivity contribution in [2.24, 2.45) is 11.1 Å². The van der Waals surface area contributed by atoms with Crippen LogP contribution in [-0.4, -0.2) is 32.4 Å². The molecule has 0 heterocycles. The van der Waals surface area contributed by atoms with Crippen molar-refractivity contribution < 1.29 is 19.1 Å². The van der Waals surface area contributed by atoms with Gasteiger partial charge in [-0.15, -0.1) is 0 Å². The zero-order chi connectivity index (χ0) is 18.8. The second-order valence-corrected chi connectivity index (χ2v) is 6.04. The van der Waals surface area contributed by atoms with Crippen LogP contribution >= 0.6 is 0 Å². The first-order chi connectivity index (χ1) is 12.6. The lowest BCUT2D eigenvalue weighted by Crippen LogP contribution is -2.16. The highest BCUT2D eigenvalue weighted by Gasteiger charge is 2.06. The van der Waals surface area contributed by atoms with Crippen molar-refractivity contribution >= 4 is 17.8 Å². The molecular formula is C20H24N2O4. The number of nitrogens with zero attached hydrogens (tertiary/aromatic N) is 1. The topological polar surface area (TPSA) is 69.2 Å². The highest BCUT2D eigenvalue weighted by molar-refractivity contribution is 5.91. The standard InChI is InChI=1S/C20H24N2O4/c1-15(2)13-25-18-10-9-16(11-19(18)24-3)12-21-26-14-20(23)22-17-7-5-4-6-8-17/h4-12,15H,13-14H2,1-3H3,(H,22,23)/b21-12-. The van der Waals surface area contributed by atoms with Crippen molar-refractivity contribution in [3.63, 3.8) is 0 Å². The number of anilines is 1. The Morgan fingerprint density at radius 3 is 2.62 bits per heavy atom. The number of hydrogen-bond acceptors (Lipinski definition) is 5. The van der Waals surface area contributed by atoms with E-state index in [0.717, 1.165) is 5.56 Å². The van der Waals surface area contributed by atoms with Gasteiger partial charge in [-0.05, 0) is 36.2 Å². The fourth-order valence-electron chi connectivity index (χ4n) is 2.05. The lowest BCUT2D eigenvalue weighted by molar-refractivity contribution is -0.120. The van der Waals surface area contributed by atoms with Crippen molar-refractivity contribution in [3.05, 3.63) is 54.1 Å². The van der Waals surface area contributed by atoms with E-state index >= 15 is 0 Å². The summed E-state index contributed by atoms with van der Waals surface area (Å²) in [6.07, 6.45) is 1.52. The van der Waals surface area contributed by atoms with E-state index in [9.17, 15) is 4.79 Å². The quantitative estimate of drug-likeness (QED) is 0.549. The molecule has 0 atom stereocenters. The number of methoxy groups -OCH3 is 1. The van der Waals surface area contributed by atoms with Crippen LogP contribution in [0.25, 0.3) is 0 Å². The Morgan fingerprint density at radius 2 is 1.92 bits per heavy atom. The summed E-state index contributed by atoms with van der Waals surface area (Å²) in [6, 6.07) is 14.6. The summed E-state index contributed by atoms with van der Waals surface area (Å²) in [4.78, 5) is 16.8. The van der Waals surface area contributed by atoms with Gasteiger partial charge >= 0.3 is 0 Å². The van der Waals surface area contributed by atoms with Crippen LogP contribution < -0.4 is 14.8 Å². The van der Waals surface area contributed by atoms with E-state index in [1.165, 1.54) is 6.21 Å². The van der Waals surface area contributed by atoms with Gasteiger partial charge in [-0.1, -0.05) is 37.2 Å². The lowest BCUT2D eigenvalue weighted by Gasteiger charge is -2.12. The molecule has 2 aromatic carbocycles. The predicted octanol–water partition coefficient (Wildman–Crippen LogP) is 3.72. The van der Waals surface area contributed by atoms with Gasteiger partial charge in [-0.3, -0.25) is 4.79 Å². The van der Waals surface area contributed by atoms with Gasteiger partial charge in [-0.25, -0.2) is 0 Å². The molecule has 2 aromatic rings. The van der Waals surface area contributed by atoms with Gasteiger partial charge < -0.3 is 19.6 Å². The Balaban J connectivity index is 1.84. The number of hydrogen-bond donors (Lipinski definition) is 1. The monoisotopic (exact) mass is 356 g/mol. The molecule has 26 heavy (non-hydrogen) atoms. The van der Waals surface area contributed by atoms with E-state index < -0.39 is 0 Å². The summed E-state index contributed by atoms with van der Waals surface area (Å²) in [5.74, 6) is 1.46. The molecule has 0 spiro atoms. The van der Waals surface area contributed by atoms with Crippen molar-refractivity contribution in [3.8, 4) is 11.5 Å². The van der Waals surface area contributed by atoms with Gasteiger partial charge in [0.25, 0.3) is 5.91 Å². The summed E-state index contributed by atoms with van der Waals surface area (Å²) >= 11 is 0. The van der Waals surface area contributed by atoms with Gasteiger partial charge in [0.1, 0.15) is 0 Å². The number of rotatable bonds is 9. The molecule has 0 aromatic heterocycles. The first kappa shape index (κ1) is 19.3. The molecule has 0 saturated carbocycles. The SMILES string of the molecule is COc1cc(/C=N\OCC(=O)Nc2ccccc2)ccc1OCC(C)C. The van der Waals surface area contributed by atoms with Crippen molar-refractivity contribution in [1.82, 2.24) is 0 Å². The summed E-state index contributed by atoms with van der Waals surface area (Å²) in [6.45, 7) is 4.61. The summed E-state index contributed by atoms with van der Waals surface area (Å²) < 4.78 is 11.0. The molecule has 0 aliphatic carbocycles. The van der Waals surface area contributed by atoms with Gasteiger partial charge in [0.2, 0.25) is 0 Å². The molecule has 0 unspecified atom stereocenters. The van der Waals surface area contributed by atoms with Crippen LogP contribution in [0.2, 0.25) is 0 Å². The van der Waals surface area contributed by atoms with Crippen LogP contribution in [0, 0.1) is 5.92 Å². The fraction of sp³-hybridized carbons (Fsp3) is 0.300. The molecule has 6 heteroatoms. The van der Waals surface area contributed by atoms with Crippen LogP contribution in [0.3, 0.4) is 0 Å². The smallest absolute Gasteiger partial charge is 0.265 e. The number of oxime groups is 1. The Bertz CT molecular complexity index is 730. The van der Waals surface area contributed by atoms with Crippen LogP contribution in [0.5, 0.6) is 11.5 Å². The van der Waals surface area contributed by atoms with Crippen molar-refractivity contribution in [1.29, 1.82) is 0 Å². The number of benzene rings is 2. The number of para-hydroxylation sites is 1. The molecule has 0 fully saturated rings. The van der Waals surface area contributed by atoms with Crippen LogP contribution in [-0.2, 0) is 9.63 Å². The molecule has 0 radical (unpaired) electrons. The maximum atomic E-state index is 11.7. The minimum Gasteiger partial charge on any atom is -0.493 e. The highest BCUT2D eigenvalue weighted by atomic mass is 16.6. The number of nitrogens with one attached hydrogen (secondary N) is 1. The molecule has 2 rings (SSSR count). The molecular weight excluding hydrogens is 332 g/mol. The molecule has 1 N–H and O–H groups in total. The van der Waals surface area contributed by atoms with Gasteiger partial charge in [-0.2, -0.15) is 0 Å². The van der Waals surface area contributed by atoms with Gasteiger partial charge in [0, 0.05) is 11.3 Å². The summed E-state index contributed by atoms with van der Waals surface area (Å²) in [5.41, 5.74) is 1.49. The maximum Gasteiger partial charge on any atom is 0.265 e. The first-order valence-electron chi connectivity index (χ1n) is 8.39. The van der Waals surface area contributed by atoms with E-state index in [4.69, 9.17) is 14.3 Å². The third-order valence-electron chi connectivity index (χ3n) is 3.29. The molecule has 0 aliphatic rings. The van der Waals surface area contributed by atoms with Crippen LogP contribution in [0.4, 0.5) is 5.69 Å². The number of amides is 1. The van der Waals surface area contributed by atoms with Crippen molar-refractivity contribution in [2.45, 2.75) is 13.8 Å². The van der Waals surface area contributed by atoms with Gasteiger partial charge in [0.05, 0.1) is 19.9 Å². The third-order valence-corrected chi connectivity index (χ3v) is 3.29. The minimum atomic E-state index is -0.275. The average Bonchev–Trinajstić information content (AvgIpc) is 2.64. The van der Waals surface area contributed by atoms with E-state index in [1.807, 2.05) is 30.3 Å². The first-order valence-corrected chi connectivity index (χ1v) is 8.39. The Morgan fingerprint density at radius 1 is 1.15 bits per heavy atom. The normalized spacial score (nSPS) is 10.8. The van der Waals surface area contributed by atoms with Crippen LogP contribution in [0.15, 0.2) is 53.7 Å². The third kappa shape index (κ3) is 6.47. The molecule has 1 amide bonds. The highest BCUT2D eigenvalue weighted by Crippen LogP contribution is 2.28. The lowest BCUT2D eigenvalue weighted by atomic mass is 10.2. The average molecular weight is 356 g/mol. The number of carbonyl (C=O) groups excluding carboxylic acids is 1. The Hall–Kier alpha value is -3.02. The Kier molecular flexibility index (Phi) is 7.49. The van der Waals surface area contributed by atoms with Crippen LogP contribution in [0.1, 0.15) is 19.4 Å². The van der Waals surface area contributed by atoms with Gasteiger partial charge in [0.15, 0.2) is 18.1 Å². The van der Waals surface area contributed by atoms with E-state index in [2.05, 4.69) is 24.3 Å².